The molecule has 2 aromatic rings. The van der Waals surface area contributed by atoms with Crippen molar-refractivity contribution in [1.82, 2.24) is 15.2 Å². The third-order valence-corrected chi connectivity index (χ3v) is 6.70. The lowest BCUT2D eigenvalue weighted by atomic mass is 9.92. The predicted octanol–water partition coefficient (Wildman–Crippen LogP) is 3.98. The van der Waals surface area contributed by atoms with E-state index in [1.165, 1.54) is 18.9 Å². The average Bonchev–Trinajstić information content (AvgIpc) is 3.29. The number of aliphatic imine (C=N–C) groups is 1. The Hall–Kier alpha value is -3.59. The molecule has 1 aromatic heterocycles. The minimum absolute atomic E-state index is 0.108. The van der Waals surface area contributed by atoms with Crippen LogP contribution in [0.15, 0.2) is 76.0 Å². The van der Waals surface area contributed by atoms with Gasteiger partial charge in [0.25, 0.3) is 0 Å². The molecule has 1 amide bonds. The van der Waals surface area contributed by atoms with E-state index in [0.717, 1.165) is 22.1 Å². The maximum Gasteiger partial charge on any atom is 0.338 e. The van der Waals surface area contributed by atoms with Crippen molar-refractivity contribution in [2.75, 3.05) is 20.8 Å². The normalized spacial score (nSPS) is 16.9. The second kappa shape index (κ2) is 11.2. The molecule has 0 unspecified atom stereocenters. The van der Waals surface area contributed by atoms with Crippen LogP contribution in [-0.4, -0.2) is 47.7 Å². The van der Waals surface area contributed by atoms with Crippen molar-refractivity contribution in [3.63, 3.8) is 0 Å². The van der Waals surface area contributed by atoms with Gasteiger partial charge >= 0.3 is 5.97 Å². The third-order valence-electron chi connectivity index (χ3n) is 5.81. The van der Waals surface area contributed by atoms with Crippen LogP contribution in [0, 0.1) is 0 Å². The number of ether oxygens (including phenoxy) is 2. The second-order valence-corrected chi connectivity index (χ2v) is 8.81. The van der Waals surface area contributed by atoms with Gasteiger partial charge in [-0.1, -0.05) is 36.9 Å². The summed E-state index contributed by atoms with van der Waals surface area (Å²) in [5, 5.41) is 5.64. The van der Waals surface area contributed by atoms with Crippen LogP contribution in [0.4, 0.5) is 0 Å². The van der Waals surface area contributed by atoms with Gasteiger partial charge in [-0.05, 0) is 41.7 Å². The Morgan fingerprint density at radius 2 is 2.03 bits per heavy atom. The maximum absolute atomic E-state index is 12.9. The van der Waals surface area contributed by atoms with Gasteiger partial charge < -0.3 is 19.7 Å². The molecule has 0 fully saturated rings. The molecule has 0 saturated carbocycles. The molecule has 4 rings (SSSR count). The Kier molecular flexibility index (Phi) is 7.87. The largest absolute Gasteiger partial charge is 0.497 e. The fourth-order valence-corrected chi connectivity index (χ4v) is 5.08. The van der Waals surface area contributed by atoms with Gasteiger partial charge in [0.1, 0.15) is 5.75 Å². The molecule has 35 heavy (non-hydrogen) atoms. The van der Waals surface area contributed by atoms with Crippen LogP contribution in [0.2, 0.25) is 0 Å². The van der Waals surface area contributed by atoms with Gasteiger partial charge in [0.15, 0.2) is 5.17 Å². The first-order valence-electron chi connectivity index (χ1n) is 11.4. The summed E-state index contributed by atoms with van der Waals surface area (Å²) in [5.74, 6) is 0.135. The van der Waals surface area contributed by atoms with Crippen molar-refractivity contribution in [2.45, 2.75) is 32.2 Å². The molecule has 0 aliphatic carbocycles. The topological polar surface area (TPSA) is 93.1 Å². The number of allylic oxidation sites excluding steroid dienone is 1. The number of esters is 1. The Balaban J connectivity index is 1.59. The van der Waals surface area contributed by atoms with E-state index < -0.39 is 12.0 Å². The van der Waals surface area contributed by atoms with Gasteiger partial charge in [-0.25, -0.2) is 9.79 Å². The zero-order valence-corrected chi connectivity index (χ0v) is 20.8. The van der Waals surface area contributed by atoms with Crippen molar-refractivity contribution < 1.29 is 19.1 Å². The number of rotatable bonds is 9. The van der Waals surface area contributed by atoms with E-state index in [0.29, 0.717) is 36.4 Å². The summed E-state index contributed by atoms with van der Waals surface area (Å²) in [6.07, 6.45) is 3.12. The molecule has 1 atom stereocenters. The van der Waals surface area contributed by atoms with E-state index in [1.807, 2.05) is 59.7 Å². The van der Waals surface area contributed by atoms with Crippen molar-refractivity contribution in [3.8, 4) is 5.75 Å². The van der Waals surface area contributed by atoms with Crippen LogP contribution in [-0.2, 0) is 20.7 Å². The number of carbonyl (C=O) groups is 2. The predicted molar refractivity (Wildman–Crippen MR) is 136 cm³/mol. The van der Waals surface area contributed by atoms with Crippen LogP contribution in [0.1, 0.15) is 37.1 Å². The lowest BCUT2D eigenvalue weighted by molar-refractivity contribution is -0.136. The van der Waals surface area contributed by atoms with Crippen molar-refractivity contribution >= 4 is 28.8 Å². The highest BCUT2D eigenvalue weighted by atomic mass is 32.2. The van der Waals surface area contributed by atoms with E-state index in [2.05, 4.69) is 10.3 Å². The number of amidine groups is 1. The summed E-state index contributed by atoms with van der Waals surface area (Å²) in [7, 11) is 2.97. The number of benzene rings is 1. The quantitative estimate of drug-likeness (QED) is 0.529. The average molecular weight is 493 g/mol. The van der Waals surface area contributed by atoms with Gasteiger partial charge in [0, 0.05) is 30.6 Å². The van der Waals surface area contributed by atoms with E-state index in [4.69, 9.17) is 14.5 Å². The van der Waals surface area contributed by atoms with Crippen molar-refractivity contribution in [1.29, 1.82) is 0 Å². The number of fused-ring (bicyclic) bond motifs is 1. The van der Waals surface area contributed by atoms with Crippen LogP contribution in [0.3, 0.4) is 0 Å². The van der Waals surface area contributed by atoms with Crippen LogP contribution >= 0.6 is 11.8 Å². The van der Waals surface area contributed by atoms with Gasteiger partial charge in [-0.2, -0.15) is 0 Å². The van der Waals surface area contributed by atoms with Crippen LogP contribution in [0.25, 0.3) is 0 Å². The first kappa shape index (κ1) is 24.5. The molecule has 1 aromatic carbocycles. The summed E-state index contributed by atoms with van der Waals surface area (Å²) in [5.41, 5.74) is 3.70. The van der Waals surface area contributed by atoms with E-state index >= 15 is 0 Å². The molecule has 0 bridgehead atoms. The molecule has 2 aliphatic heterocycles. The molecule has 0 spiro atoms. The van der Waals surface area contributed by atoms with E-state index in [-0.39, 0.29) is 12.3 Å². The first-order valence-corrected chi connectivity index (χ1v) is 12.3. The van der Waals surface area contributed by atoms with Gasteiger partial charge in [0.05, 0.1) is 38.0 Å². The smallest absolute Gasteiger partial charge is 0.338 e. The minimum Gasteiger partial charge on any atom is -0.497 e. The number of nitrogens with one attached hydrogen (secondary N) is 1. The maximum atomic E-state index is 12.9. The summed E-state index contributed by atoms with van der Waals surface area (Å²) in [6, 6.07) is 12.8. The zero-order valence-electron chi connectivity index (χ0n) is 20.0. The molecular formula is C26H28N4O4S. The van der Waals surface area contributed by atoms with E-state index in [9.17, 15) is 9.59 Å². The first-order chi connectivity index (χ1) is 17.0. The third kappa shape index (κ3) is 5.40. The number of carbonyl (C=O) groups excluding carboxylic acids is 2. The number of pyridine rings is 1. The lowest BCUT2D eigenvalue weighted by Crippen LogP contribution is -2.38. The number of nitrogens with zero attached hydrogens (tertiary/aromatic N) is 3. The Bertz CT molecular complexity index is 1190. The number of hydrogen-bond donors (Lipinski definition) is 1. The monoisotopic (exact) mass is 492 g/mol. The molecule has 8 nitrogen and oxygen atoms in total. The molecule has 0 radical (unpaired) electrons. The summed E-state index contributed by atoms with van der Waals surface area (Å²) < 4.78 is 10.6. The SMILES string of the molecule is CCC1=C(C(=O)OC)[C@H](c2cccc(OC)c2)N2C(CC(=O)NCCc3ccccn3)=CSC2=N1. The van der Waals surface area contributed by atoms with Crippen LogP contribution < -0.4 is 10.1 Å². The molecule has 182 valence electrons. The Morgan fingerprint density at radius 1 is 1.17 bits per heavy atom. The molecule has 9 heteroatoms. The minimum atomic E-state index is -0.484. The number of hydrogen-bond acceptors (Lipinski definition) is 8. The Labute approximate surface area is 209 Å². The van der Waals surface area contributed by atoms with Gasteiger partial charge in [0.2, 0.25) is 5.91 Å². The Morgan fingerprint density at radius 3 is 2.74 bits per heavy atom. The second-order valence-electron chi connectivity index (χ2n) is 7.97. The summed E-state index contributed by atoms with van der Waals surface area (Å²) in [4.78, 5) is 36.8. The van der Waals surface area contributed by atoms with Gasteiger partial charge in [-0.15, -0.1) is 0 Å². The summed E-state index contributed by atoms with van der Waals surface area (Å²) in [6.45, 7) is 2.45. The molecule has 2 aliphatic rings. The molecular weight excluding hydrogens is 464 g/mol. The number of amides is 1. The number of methoxy groups -OCH3 is 2. The summed E-state index contributed by atoms with van der Waals surface area (Å²) >= 11 is 1.45. The standard InChI is InChI=1S/C26H28N4O4S/c1-4-21-23(25(32)34-3)24(17-8-7-10-20(14-17)33-2)30-19(16-35-26(30)29-21)15-22(31)28-13-11-18-9-5-6-12-27-18/h5-10,12,14,16,24H,4,11,13,15H2,1-3H3,(H,28,31)/t24-/m0/s1. The van der Waals surface area contributed by atoms with Crippen molar-refractivity contribution in [2.24, 2.45) is 4.99 Å². The van der Waals surface area contributed by atoms with E-state index in [1.54, 1.807) is 13.3 Å². The molecule has 0 saturated heterocycles. The van der Waals surface area contributed by atoms with Gasteiger partial charge in [-0.3, -0.25) is 9.78 Å². The highest BCUT2D eigenvalue weighted by Crippen LogP contribution is 2.45. The zero-order chi connectivity index (χ0) is 24.8. The molecule has 3 heterocycles. The van der Waals surface area contributed by atoms with Crippen LogP contribution in [0.5, 0.6) is 5.75 Å². The fourth-order valence-electron chi connectivity index (χ4n) is 4.14. The number of thioether (sulfide) groups is 1. The highest BCUT2D eigenvalue weighted by molar-refractivity contribution is 8.16. The molecule has 1 N–H and O–H groups in total. The fraction of sp³-hybridized carbons (Fsp3) is 0.308. The lowest BCUT2D eigenvalue weighted by Gasteiger charge is -2.36. The highest BCUT2D eigenvalue weighted by Gasteiger charge is 2.41. The van der Waals surface area contributed by atoms with Crippen molar-refractivity contribution in [3.05, 3.63) is 82.3 Å². The number of aromatic nitrogens is 1.